The second-order valence-electron chi connectivity index (χ2n) is 7.98. The smallest absolute Gasteiger partial charge is 0.351 e. The van der Waals surface area contributed by atoms with Crippen molar-refractivity contribution < 1.29 is 9.53 Å². The monoisotopic (exact) mass is 400 g/mol. The lowest BCUT2D eigenvalue weighted by Gasteiger charge is -2.19. The molecule has 0 unspecified atom stereocenters. The van der Waals surface area contributed by atoms with Crippen LogP contribution in [0.3, 0.4) is 0 Å². The van der Waals surface area contributed by atoms with Crippen LogP contribution in [0.2, 0.25) is 0 Å². The van der Waals surface area contributed by atoms with Gasteiger partial charge in [-0.2, -0.15) is 0 Å². The Hall–Kier alpha value is -1.92. The van der Waals surface area contributed by atoms with Crippen molar-refractivity contribution in [1.82, 2.24) is 4.98 Å². The molecule has 1 aliphatic carbocycles. The molecule has 1 aliphatic rings. The molecule has 142 valence electrons. The quantitative estimate of drug-likeness (QED) is 0.434. The van der Waals surface area contributed by atoms with Gasteiger partial charge in [0.05, 0.1) is 5.69 Å². The van der Waals surface area contributed by atoms with Gasteiger partial charge in [-0.15, -0.1) is 22.7 Å². The summed E-state index contributed by atoms with van der Waals surface area (Å²) < 4.78 is 5.58. The zero-order valence-corrected chi connectivity index (χ0v) is 17.6. The van der Waals surface area contributed by atoms with Crippen molar-refractivity contribution in [2.45, 2.75) is 58.5 Å². The number of nitrogens with two attached hydrogens (primary N) is 1. The Morgan fingerprint density at radius 1 is 1.22 bits per heavy atom. The minimum atomic E-state index is -0.555. The number of thiophene rings is 2. The standard InChI is InChI=1S/C21H24N2O2S2/c1-21(2,3)25-20(24)18-17(22)16-15(14-10-7-11-26-14)12-8-5-4-6-9-13(12)23-19(16)27-18/h7,10-11H,4-6,8-9,22H2,1-3H3. The highest BCUT2D eigenvalue weighted by Crippen LogP contribution is 2.45. The van der Waals surface area contributed by atoms with Gasteiger partial charge in [0.2, 0.25) is 0 Å². The highest BCUT2D eigenvalue weighted by Gasteiger charge is 2.28. The van der Waals surface area contributed by atoms with Crippen molar-refractivity contribution in [2.24, 2.45) is 0 Å². The van der Waals surface area contributed by atoms with Crippen molar-refractivity contribution >= 4 is 44.5 Å². The maximum atomic E-state index is 12.7. The summed E-state index contributed by atoms with van der Waals surface area (Å²) in [6.45, 7) is 5.60. The molecule has 0 saturated carbocycles. The predicted octanol–water partition coefficient (Wildman–Crippen LogP) is 5.83. The number of aromatic nitrogens is 1. The van der Waals surface area contributed by atoms with E-state index >= 15 is 0 Å². The van der Waals surface area contributed by atoms with E-state index in [0.29, 0.717) is 10.6 Å². The molecule has 6 heteroatoms. The first-order chi connectivity index (χ1) is 12.8. The molecule has 0 bridgehead atoms. The molecule has 0 aliphatic heterocycles. The number of anilines is 1. The summed E-state index contributed by atoms with van der Waals surface area (Å²) in [4.78, 5) is 20.2. The second kappa shape index (κ2) is 6.91. The molecule has 0 saturated heterocycles. The summed E-state index contributed by atoms with van der Waals surface area (Å²) in [5.74, 6) is -0.365. The fourth-order valence-electron chi connectivity index (χ4n) is 3.65. The highest BCUT2D eigenvalue weighted by molar-refractivity contribution is 7.21. The number of carbonyl (C=O) groups is 1. The third-order valence-corrected chi connectivity index (χ3v) is 6.72. The number of pyridine rings is 1. The summed E-state index contributed by atoms with van der Waals surface area (Å²) in [7, 11) is 0. The third kappa shape index (κ3) is 3.48. The summed E-state index contributed by atoms with van der Waals surface area (Å²) in [5, 5.41) is 3.01. The number of ether oxygens (including phenoxy) is 1. The summed E-state index contributed by atoms with van der Waals surface area (Å²) in [6, 6.07) is 4.20. The number of esters is 1. The molecule has 4 rings (SSSR count). The Labute approximate surface area is 167 Å². The van der Waals surface area contributed by atoms with Crippen LogP contribution in [0.15, 0.2) is 17.5 Å². The molecule has 0 atom stereocenters. The van der Waals surface area contributed by atoms with Gasteiger partial charge in [0.25, 0.3) is 0 Å². The predicted molar refractivity (Wildman–Crippen MR) is 114 cm³/mol. The Morgan fingerprint density at radius 3 is 2.70 bits per heavy atom. The van der Waals surface area contributed by atoms with Crippen LogP contribution in [0.4, 0.5) is 5.69 Å². The van der Waals surface area contributed by atoms with Crippen molar-refractivity contribution in [3.8, 4) is 10.4 Å². The first-order valence-corrected chi connectivity index (χ1v) is 11.1. The number of nitrogen functional groups attached to an aromatic ring is 1. The zero-order valence-electron chi connectivity index (χ0n) is 15.9. The number of nitrogens with zero attached hydrogens (tertiary/aromatic N) is 1. The lowest BCUT2D eigenvalue weighted by atomic mass is 9.97. The third-order valence-electron chi connectivity index (χ3n) is 4.76. The van der Waals surface area contributed by atoms with Crippen molar-refractivity contribution in [3.63, 3.8) is 0 Å². The lowest BCUT2D eigenvalue weighted by Crippen LogP contribution is -2.23. The van der Waals surface area contributed by atoms with E-state index < -0.39 is 5.60 Å². The Morgan fingerprint density at radius 2 is 2.00 bits per heavy atom. The zero-order chi connectivity index (χ0) is 19.2. The second-order valence-corrected chi connectivity index (χ2v) is 9.92. The SMILES string of the molecule is CC(C)(C)OC(=O)c1sc2nc3c(c(-c4cccs4)c2c1N)CCCCC3. The summed E-state index contributed by atoms with van der Waals surface area (Å²) >= 11 is 3.07. The molecule has 2 N–H and O–H groups in total. The topological polar surface area (TPSA) is 65.2 Å². The molecule has 3 aromatic heterocycles. The summed E-state index contributed by atoms with van der Waals surface area (Å²) in [5.41, 5.74) is 10.1. The Kier molecular flexibility index (Phi) is 4.72. The molecule has 3 heterocycles. The van der Waals surface area contributed by atoms with Crippen LogP contribution in [0.5, 0.6) is 0 Å². The maximum Gasteiger partial charge on any atom is 0.351 e. The number of hydrogen-bond donors (Lipinski definition) is 1. The van der Waals surface area contributed by atoms with Gasteiger partial charge in [-0.25, -0.2) is 9.78 Å². The number of carbonyl (C=O) groups excluding carboxylic acids is 1. The molecule has 4 nitrogen and oxygen atoms in total. The van der Waals surface area contributed by atoms with E-state index in [4.69, 9.17) is 15.5 Å². The highest BCUT2D eigenvalue weighted by atomic mass is 32.1. The van der Waals surface area contributed by atoms with Gasteiger partial charge < -0.3 is 10.5 Å². The van der Waals surface area contributed by atoms with E-state index in [2.05, 4.69) is 17.5 Å². The minimum Gasteiger partial charge on any atom is -0.456 e. The molecule has 0 aromatic carbocycles. The van der Waals surface area contributed by atoms with E-state index in [0.717, 1.165) is 29.5 Å². The average Bonchev–Trinajstić information content (AvgIpc) is 3.15. The first kappa shape index (κ1) is 18.4. The average molecular weight is 401 g/mol. The van der Waals surface area contributed by atoms with Crippen LogP contribution in [0.1, 0.15) is 61.0 Å². The molecule has 0 amide bonds. The largest absolute Gasteiger partial charge is 0.456 e. The molecular weight excluding hydrogens is 376 g/mol. The van der Waals surface area contributed by atoms with Crippen LogP contribution < -0.4 is 5.73 Å². The van der Waals surface area contributed by atoms with Crippen LogP contribution in [0.25, 0.3) is 20.7 Å². The van der Waals surface area contributed by atoms with Gasteiger partial charge in [0, 0.05) is 21.5 Å². The van der Waals surface area contributed by atoms with Crippen LogP contribution in [0, 0.1) is 0 Å². The summed E-state index contributed by atoms with van der Waals surface area (Å²) in [6.07, 6.45) is 5.56. The van der Waals surface area contributed by atoms with Crippen LogP contribution in [-0.4, -0.2) is 16.6 Å². The van der Waals surface area contributed by atoms with Gasteiger partial charge >= 0.3 is 5.97 Å². The fourth-order valence-corrected chi connectivity index (χ4v) is 5.46. The Balaban J connectivity index is 1.96. The minimum absolute atomic E-state index is 0.365. The fraction of sp³-hybridized carbons (Fsp3) is 0.429. The van der Waals surface area contributed by atoms with E-state index in [-0.39, 0.29) is 5.97 Å². The molecular formula is C21H24N2O2S2. The van der Waals surface area contributed by atoms with Gasteiger partial charge in [-0.1, -0.05) is 12.5 Å². The van der Waals surface area contributed by atoms with Crippen molar-refractivity contribution in [3.05, 3.63) is 33.6 Å². The molecule has 0 spiro atoms. The van der Waals surface area contributed by atoms with Gasteiger partial charge in [0.1, 0.15) is 15.3 Å². The van der Waals surface area contributed by atoms with Gasteiger partial charge in [-0.05, 0) is 63.5 Å². The number of hydrogen-bond acceptors (Lipinski definition) is 6. The van der Waals surface area contributed by atoms with E-state index in [1.807, 2.05) is 20.8 Å². The van der Waals surface area contributed by atoms with Crippen LogP contribution >= 0.6 is 22.7 Å². The van der Waals surface area contributed by atoms with E-state index in [9.17, 15) is 4.79 Å². The van der Waals surface area contributed by atoms with Crippen molar-refractivity contribution in [2.75, 3.05) is 5.73 Å². The number of aryl methyl sites for hydroxylation is 1. The lowest BCUT2D eigenvalue weighted by molar-refractivity contribution is 0.00764. The number of fused-ring (bicyclic) bond motifs is 2. The molecule has 27 heavy (non-hydrogen) atoms. The normalized spacial score (nSPS) is 14.8. The Bertz CT molecular complexity index is 998. The first-order valence-electron chi connectivity index (χ1n) is 9.36. The van der Waals surface area contributed by atoms with Gasteiger partial charge in [0.15, 0.2) is 0 Å². The molecule has 3 aromatic rings. The van der Waals surface area contributed by atoms with Gasteiger partial charge in [-0.3, -0.25) is 0 Å². The number of rotatable bonds is 2. The van der Waals surface area contributed by atoms with Crippen molar-refractivity contribution in [1.29, 1.82) is 0 Å². The maximum absolute atomic E-state index is 12.7. The van der Waals surface area contributed by atoms with E-state index in [1.54, 1.807) is 11.3 Å². The van der Waals surface area contributed by atoms with Crippen LogP contribution in [-0.2, 0) is 17.6 Å². The molecule has 0 fully saturated rings. The molecule has 0 radical (unpaired) electrons. The van der Waals surface area contributed by atoms with E-state index in [1.165, 1.54) is 45.9 Å².